The van der Waals surface area contributed by atoms with Crippen LogP contribution in [0.5, 0.6) is 0 Å². The van der Waals surface area contributed by atoms with Crippen molar-refractivity contribution in [2.45, 2.75) is 38.0 Å². The molecule has 2 fully saturated rings. The van der Waals surface area contributed by atoms with Gasteiger partial charge in [-0.1, -0.05) is 36.4 Å². The van der Waals surface area contributed by atoms with Gasteiger partial charge in [0.15, 0.2) is 5.72 Å². The second kappa shape index (κ2) is 5.06. The van der Waals surface area contributed by atoms with E-state index in [1.807, 2.05) is 48.2 Å². The summed E-state index contributed by atoms with van der Waals surface area (Å²) in [5, 5.41) is 0. The molecule has 0 unspecified atom stereocenters. The van der Waals surface area contributed by atoms with E-state index in [0.29, 0.717) is 6.61 Å². The minimum Gasteiger partial charge on any atom is -0.349 e. The van der Waals surface area contributed by atoms with Gasteiger partial charge in [0.25, 0.3) is 0 Å². The molecule has 2 aliphatic heterocycles. The number of piperidine rings is 1. The molecule has 2 aliphatic rings. The summed E-state index contributed by atoms with van der Waals surface area (Å²) in [6, 6.07) is 10.3. The topological polar surface area (TPSA) is 29.5 Å². The number of rotatable bonds is 3. The van der Waals surface area contributed by atoms with Gasteiger partial charge in [-0.3, -0.25) is 4.79 Å². The molecule has 20 heavy (non-hydrogen) atoms. The van der Waals surface area contributed by atoms with Crippen molar-refractivity contribution in [3.05, 3.63) is 48.6 Å². The standard InChI is InChI=1S/C17H21NO2/c1-3-7-13-10-11-15-12-20-17(2,18(15)16(13)19)14-8-5-4-6-9-14/h3-6,8-9,13,15H,1,7,10-12H2,2H3/t13-,15-,17-/m0/s1. The number of nitrogens with zero attached hydrogens (tertiary/aromatic N) is 1. The van der Waals surface area contributed by atoms with Gasteiger partial charge in [-0.25, -0.2) is 0 Å². The maximum absolute atomic E-state index is 12.8. The summed E-state index contributed by atoms with van der Waals surface area (Å²) in [4.78, 5) is 14.8. The molecule has 0 radical (unpaired) electrons. The average Bonchev–Trinajstić information content (AvgIpc) is 2.83. The number of fused-ring (bicyclic) bond motifs is 1. The number of allylic oxidation sites excluding steroid dienone is 1. The fraction of sp³-hybridized carbons (Fsp3) is 0.471. The Morgan fingerprint density at radius 3 is 2.85 bits per heavy atom. The summed E-state index contributed by atoms with van der Waals surface area (Å²) in [5.74, 6) is 0.276. The average molecular weight is 271 g/mol. The molecular formula is C17H21NO2. The van der Waals surface area contributed by atoms with Gasteiger partial charge in [0.05, 0.1) is 12.6 Å². The van der Waals surface area contributed by atoms with Gasteiger partial charge in [-0.05, 0) is 26.2 Å². The third kappa shape index (κ3) is 1.97. The minimum absolute atomic E-state index is 0.0634. The van der Waals surface area contributed by atoms with Crippen LogP contribution in [-0.2, 0) is 15.3 Å². The molecular weight excluding hydrogens is 250 g/mol. The molecule has 0 bridgehead atoms. The van der Waals surface area contributed by atoms with Crippen LogP contribution in [-0.4, -0.2) is 23.5 Å². The second-order valence-corrected chi connectivity index (χ2v) is 5.82. The third-order valence-electron chi connectivity index (χ3n) is 4.58. The van der Waals surface area contributed by atoms with Crippen LogP contribution in [0.25, 0.3) is 0 Å². The summed E-state index contributed by atoms with van der Waals surface area (Å²) in [6.07, 6.45) is 4.57. The van der Waals surface area contributed by atoms with Crippen LogP contribution in [0.15, 0.2) is 43.0 Å². The highest BCUT2D eigenvalue weighted by Crippen LogP contribution is 2.43. The Balaban J connectivity index is 1.94. The molecule has 2 heterocycles. The van der Waals surface area contributed by atoms with Crippen LogP contribution < -0.4 is 0 Å². The van der Waals surface area contributed by atoms with E-state index in [0.717, 1.165) is 24.8 Å². The normalized spacial score (nSPS) is 33.0. The van der Waals surface area contributed by atoms with Crippen molar-refractivity contribution in [1.82, 2.24) is 4.90 Å². The Bertz CT molecular complexity index is 513. The lowest BCUT2D eigenvalue weighted by atomic mass is 9.88. The molecule has 3 atom stereocenters. The van der Waals surface area contributed by atoms with Crippen molar-refractivity contribution in [2.24, 2.45) is 5.92 Å². The molecule has 2 saturated heterocycles. The van der Waals surface area contributed by atoms with Crippen molar-refractivity contribution in [3.8, 4) is 0 Å². The van der Waals surface area contributed by atoms with Gasteiger partial charge in [-0.15, -0.1) is 6.58 Å². The van der Waals surface area contributed by atoms with Gasteiger partial charge in [0, 0.05) is 11.5 Å². The van der Waals surface area contributed by atoms with E-state index in [1.54, 1.807) is 0 Å². The maximum Gasteiger partial charge on any atom is 0.228 e. The van der Waals surface area contributed by atoms with Gasteiger partial charge < -0.3 is 9.64 Å². The molecule has 106 valence electrons. The molecule has 0 N–H and O–H groups in total. The second-order valence-electron chi connectivity index (χ2n) is 5.82. The highest BCUT2D eigenvalue weighted by Gasteiger charge is 2.51. The highest BCUT2D eigenvalue weighted by atomic mass is 16.5. The zero-order valence-electron chi connectivity index (χ0n) is 11.9. The van der Waals surface area contributed by atoms with Crippen LogP contribution in [0.3, 0.4) is 0 Å². The fourth-order valence-corrected chi connectivity index (χ4v) is 3.46. The molecule has 0 aromatic heterocycles. The van der Waals surface area contributed by atoms with E-state index in [1.165, 1.54) is 0 Å². The third-order valence-corrected chi connectivity index (χ3v) is 4.58. The fourth-order valence-electron chi connectivity index (χ4n) is 3.46. The summed E-state index contributed by atoms with van der Waals surface area (Å²) in [7, 11) is 0. The van der Waals surface area contributed by atoms with Crippen LogP contribution >= 0.6 is 0 Å². The predicted octanol–water partition coefficient (Wildman–Crippen LogP) is 3.07. The summed E-state index contributed by atoms with van der Waals surface area (Å²) < 4.78 is 6.05. The van der Waals surface area contributed by atoms with Crippen LogP contribution in [0.4, 0.5) is 0 Å². The van der Waals surface area contributed by atoms with Crippen molar-refractivity contribution in [1.29, 1.82) is 0 Å². The Morgan fingerprint density at radius 1 is 1.40 bits per heavy atom. The van der Waals surface area contributed by atoms with Crippen molar-refractivity contribution in [2.75, 3.05) is 6.61 Å². The zero-order valence-corrected chi connectivity index (χ0v) is 11.9. The summed E-state index contributed by atoms with van der Waals surface area (Å²) >= 11 is 0. The number of carbonyl (C=O) groups is 1. The lowest BCUT2D eigenvalue weighted by molar-refractivity contribution is -0.158. The van der Waals surface area contributed by atoms with Crippen LogP contribution in [0.1, 0.15) is 31.7 Å². The van der Waals surface area contributed by atoms with E-state index < -0.39 is 5.72 Å². The number of hydrogen-bond donors (Lipinski definition) is 0. The lowest BCUT2D eigenvalue weighted by Gasteiger charge is -2.42. The SMILES string of the molecule is C=CC[C@H]1CC[C@H]2CO[C@@](C)(c3ccccc3)N2C1=O. The largest absolute Gasteiger partial charge is 0.349 e. The molecule has 3 rings (SSSR count). The Kier molecular flexibility index (Phi) is 3.38. The molecule has 3 nitrogen and oxygen atoms in total. The number of ether oxygens (including phenoxy) is 1. The zero-order chi connectivity index (χ0) is 14.2. The molecule has 0 aliphatic carbocycles. The smallest absolute Gasteiger partial charge is 0.228 e. The first kappa shape index (κ1) is 13.4. The quantitative estimate of drug-likeness (QED) is 0.791. The Morgan fingerprint density at radius 2 is 2.15 bits per heavy atom. The van der Waals surface area contributed by atoms with Crippen LogP contribution in [0.2, 0.25) is 0 Å². The molecule has 0 spiro atoms. The van der Waals surface area contributed by atoms with Crippen molar-refractivity contribution < 1.29 is 9.53 Å². The highest BCUT2D eigenvalue weighted by molar-refractivity contribution is 5.81. The number of carbonyl (C=O) groups excluding carboxylic acids is 1. The van der Waals surface area contributed by atoms with E-state index in [9.17, 15) is 4.79 Å². The first-order valence-corrected chi connectivity index (χ1v) is 7.30. The van der Waals surface area contributed by atoms with Gasteiger partial charge in [0.2, 0.25) is 5.91 Å². The molecule has 0 saturated carbocycles. The maximum atomic E-state index is 12.8. The van der Waals surface area contributed by atoms with Gasteiger partial charge >= 0.3 is 0 Å². The molecule has 1 aromatic rings. The van der Waals surface area contributed by atoms with E-state index >= 15 is 0 Å². The Labute approximate surface area is 120 Å². The molecule has 1 aromatic carbocycles. The van der Waals surface area contributed by atoms with E-state index in [2.05, 4.69) is 6.58 Å². The van der Waals surface area contributed by atoms with Crippen molar-refractivity contribution in [3.63, 3.8) is 0 Å². The van der Waals surface area contributed by atoms with Gasteiger partial charge in [-0.2, -0.15) is 0 Å². The summed E-state index contributed by atoms with van der Waals surface area (Å²) in [6.45, 7) is 6.41. The van der Waals surface area contributed by atoms with Gasteiger partial charge in [0.1, 0.15) is 0 Å². The monoisotopic (exact) mass is 271 g/mol. The first-order chi connectivity index (χ1) is 9.66. The predicted molar refractivity (Wildman–Crippen MR) is 77.9 cm³/mol. The summed E-state index contributed by atoms with van der Waals surface area (Å²) in [5.41, 5.74) is 0.429. The number of benzene rings is 1. The minimum atomic E-state index is -0.622. The number of hydrogen-bond acceptors (Lipinski definition) is 2. The van der Waals surface area contributed by atoms with Crippen molar-refractivity contribution >= 4 is 5.91 Å². The lowest BCUT2D eigenvalue weighted by Crippen LogP contribution is -2.52. The first-order valence-electron chi connectivity index (χ1n) is 7.30. The van der Waals surface area contributed by atoms with Crippen LogP contribution in [0, 0.1) is 5.92 Å². The molecule has 1 amide bonds. The molecule has 3 heteroatoms. The van der Waals surface area contributed by atoms with E-state index in [4.69, 9.17) is 4.74 Å². The van der Waals surface area contributed by atoms with E-state index in [-0.39, 0.29) is 17.9 Å². The number of amides is 1. The Hall–Kier alpha value is -1.61.